The number of rotatable bonds is 2. The van der Waals surface area contributed by atoms with Gasteiger partial charge in [-0.3, -0.25) is 0 Å². The third-order valence-corrected chi connectivity index (χ3v) is 2.80. The molecule has 72 valence electrons. The van der Waals surface area contributed by atoms with Gasteiger partial charge in [0.25, 0.3) is 0 Å². The number of aryl methyl sites for hydroxylation is 1. The molecule has 0 amide bonds. The molecule has 1 aromatic heterocycles. The quantitative estimate of drug-likeness (QED) is 0.743. The molecule has 0 aromatic carbocycles. The van der Waals surface area contributed by atoms with Gasteiger partial charge in [0, 0.05) is 30.9 Å². The second-order valence-corrected chi connectivity index (χ2v) is 3.65. The zero-order valence-corrected chi connectivity index (χ0v) is 8.16. The van der Waals surface area contributed by atoms with E-state index >= 15 is 0 Å². The van der Waals surface area contributed by atoms with Crippen molar-refractivity contribution in [3.8, 4) is 0 Å². The summed E-state index contributed by atoms with van der Waals surface area (Å²) in [5.74, 6) is 0.677. The number of nitrogens with zero attached hydrogens (tertiary/aromatic N) is 2. The summed E-state index contributed by atoms with van der Waals surface area (Å²) in [5.41, 5.74) is 1.40. The average molecular weight is 179 g/mol. The van der Waals surface area contributed by atoms with E-state index in [0.29, 0.717) is 5.92 Å². The summed E-state index contributed by atoms with van der Waals surface area (Å²) in [7, 11) is 0. The van der Waals surface area contributed by atoms with Gasteiger partial charge < -0.3 is 9.88 Å². The van der Waals surface area contributed by atoms with Crippen molar-refractivity contribution in [3.05, 3.63) is 18.2 Å². The monoisotopic (exact) mass is 179 g/mol. The Morgan fingerprint density at radius 2 is 2.62 bits per heavy atom. The third-order valence-electron chi connectivity index (χ3n) is 2.80. The predicted molar refractivity (Wildman–Crippen MR) is 52.7 cm³/mol. The number of hydrogen-bond acceptors (Lipinski definition) is 2. The van der Waals surface area contributed by atoms with E-state index < -0.39 is 0 Å². The summed E-state index contributed by atoms with van der Waals surface area (Å²) in [6.45, 7) is 5.50. The smallest absolute Gasteiger partial charge is 0.0948 e. The maximum atomic E-state index is 4.20. The number of piperidine rings is 1. The third kappa shape index (κ3) is 1.75. The van der Waals surface area contributed by atoms with Crippen LogP contribution in [0.2, 0.25) is 0 Å². The Morgan fingerprint density at radius 1 is 1.69 bits per heavy atom. The molecule has 0 bridgehead atoms. The van der Waals surface area contributed by atoms with Crippen molar-refractivity contribution in [2.24, 2.45) is 0 Å². The zero-order chi connectivity index (χ0) is 9.10. The van der Waals surface area contributed by atoms with Gasteiger partial charge in [-0.05, 0) is 26.3 Å². The van der Waals surface area contributed by atoms with E-state index in [2.05, 4.69) is 21.8 Å². The van der Waals surface area contributed by atoms with Crippen LogP contribution in [0.15, 0.2) is 12.5 Å². The molecule has 0 radical (unpaired) electrons. The maximum Gasteiger partial charge on any atom is 0.0948 e. The molecule has 0 spiro atoms. The minimum atomic E-state index is 0.677. The van der Waals surface area contributed by atoms with Gasteiger partial charge in [0.05, 0.1) is 6.33 Å². The Balaban J connectivity index is 2.13. The van der Waals surface area contributed by atoms with Crippen molar-refractivity contribution in [3.63, 3.8) is 0 Å². The lowest BCUT2D eigenvalue weighted by Crippen LogP contribution is -2.29. The van der Waals surface area contributed by atoms with Crippen molar-refractivity contribution in [1.82, 2.24) is 14.9 Å². The van der Waals surface area contributed by atoms with Crippen LogP contribution < -0.4 is 5.32 Å². The molecule has 13 heavy (non-hydrogen) atoms. The molecule has 1 aromatic rings. The first-order chi connectivity index (χ1) is 6.42. The summed E-state index contributed by atoms with van der Waals surface area (Å²) in [4.78, 5) is 4.20. The summed E-state index contributed by atoms with van der Waals surface area (Å²) in [5, 5.41) is 3.43. The van der Waals surface area contributed by atoms with Gasteiger partial charge in [-0.2, -0.15) is 0 Å². The van der Waals surface area contributed by atoms with Crippen molar-refractivity contribution in [1.29, 1.82) is 0 Å². The molecule has 0 saturated carbocycles. The van der Waals surface area contributed by atoms with Gasteiger partial charge in [-0.25, -0.2) is 4.98 Å². The highest BCUT2D eigenvalue weighted by molar-refractivity contribution is 5.08. The van der Waals surface area contributed by atoms with E-state index in [4.69, 9.17) is 0 Å². The Bertz CT molecular complexity index is 261. The maximum absolute atomic E-state index is 4.20. The molecule has 1 N–H and O–H groups in total. The fraction of sp³-hybridized carbons (Fsp3) is 0.700. The number of nitrogens with one attached hydrogen (secondary N) is 1. The van der Waals surface area contributed by atoms with E-state index in [-0.39, 0.29) is 0 Å². The average Bonchev–Trinajstić information content (AvgIpc) is 2.67. The predicted octanol–water partition coefficient (Wildman–Crippen LogP) is 1.37. The van der Waals surface area contributed by atoms with Gasteiger partial charge in [-0.15, -0.1) is 0 Å². The van der Waals surface area contributed by atoms with E-state index in [1.54, 1.807) is 0 Å². The second kappa shape index (κ2) is 3.92. The van der Waals surface area contributed by atoms with E-state index in [0.717, 1.165) is 13.1 Å². The summed E-state index contributed by atoms with van der Waals surface area (Å²) in [6.07, 6.45) is 6.54. The van der Waals surface area contributed by atoms with Crippen LogP contribution >= 0.6 is 0 Å². The fourth-order valence-electron chi connectivity index (χ4n) is 2.04. The molecule has 1 atom stereocenters. The molecule has 2 rings (SSSR count). The number of imidazole rings is 1. The number of aromatic nitrogens is 2. The van der Waals surface area contributed by atoms with E-state index in [1.165, 1.54) is 25.1 Å². The lowest BCUT2D eigenvalue weighted by molar-refractivity contribution is 0.442. The molecule has 1 unspecified atom stereocenters. The molecular weight excluding hydrogens is 162 g/mol. The van der Waals surface area contributed by atoms with Crippen LogP contribution in [0.3, 0.4) is 0 Å². The highest BCUT2D eigenvalue weighted by Crippen LogP contribution is 2.22. The molecule has 2 heterocycles. The molecule has 3 nitrogen and oxygen atoms in total. The van der Waals surface area contributed by atoms with Gasteiger partial charge in [0.1, 0.15) is 0 Å². The minimum absolute atomic E-state index is 0.677. The topological polar surface area (TPSA) is 29.9 Å². The van der Waals surface area contributed by atoms with Crippen LogP contribution in [-0.2, 0) is 6.54 Å². The molecule has 0 aliphatic carbocycles. The Morgan fingerprint density at radius 3 is 3.31 bits per heavy atom. The Hall–Kier alpha value is -0.830. The first-order valence-electron chi connectivity index (χ1n) is 5.12. The molecule has 1 aliphatic heterocycles. The molecular formula is C10H17N3. The Kier molecular flexibility index (Phi) is 2.64. The SMILES string of the molecule is CCn1cncc1C1CCCNC1. The summed E-state index contributed by atoms with van der Waals surface area (Å²) < 4.78 is 2.25. The molecule has 3 heteroatoms. The largest absolute Gasteiger partial charge is 0.335 e. The van der Waals surface area contributed by atoms with Crippen LogP contribution in [0.4, 0.5) is 0 Å². The normalized spacial score (nSPS) is 23.3. The minimum Gasteiger partial charge on any atom is -0.335 e. The standard InChI is InChI=1S/C10H17N3/c1-2-13-8-12-7-10(13)9-4-3-5-11-6-9/h7-9,11H,2-6H2,1H3. The highest BCUT2D eigenvalue weighted by Gasteiger charge is 2.17. The van der Waals surface area contributed by atoms with E-state index in [1.807, 2.05) is 12.5 Å². The molecule has 1 fully saturated rings. The zero-order valence-electron chi connectivity index (χ0n) is 8.16. The van der Waals surface area contributed by atoms with Gasteiger partial charge in [-0.1, -0.05) is 0 Å². The first kappa shape index (κ1) is 8.75. The molecule has 1 aliphatic rings. The van der Waals surface area contributed by atoms with Gasteiger partial charge >= 0.3 is 0 Å². The van der Waals surface area contributed by atoms with Crippen LogP contribution in [-0.4, -0.2) is 22.6 Å². The van der Waals surface area contributed by atoms with Crippen molar-refractivity contribution >= 4 is 0 Å². The first-order valence-corrected chi connectivity index (χ1v) is 5.12. The molecule has 1 saturated heterocycles. The van der Waals surface area contributed by atoms with Gasteiger partial charge in [0.15, 0.2) is 0 Å². The van der Waals surface area contributed by atoms with E-state index in [9.17, 15) is 0 Å². The fourth-order valence-corrected chi connectivity index (χ4v) is 2.04. The number of hydrogen-bond donors (Lipinski definition) is 1. The van der Waals surface area contributed by atoms with Crippen molar-refractivity contribution in [2.75, 3.05) is 13.1 Å². The second-order valence-electron chi connectivity index (χ2n) is 3.65. The summed E-state index contributed by atoms with van der Waals surface area (Å²) >= 11 is 0. The van der Waals surface area contributed by atoms with Crippen LogP contribution in [0, 0.1) is 0 Å². The van der Waals surface area contributed by atoms with Crippen molar-refractivity contribution < 1.29 is 0 Å². The Labute approximate surface area is 79.2 Å². The summed E-state index contributed by atoms with van der Waals surface area (Å²) in [6, 6.07) is 0. The van der Waals surface area contributed by atoms with Crippen LogP contribution in [0.5, 0.6) is 0 Å². The lowest BCUT2D eigenvalue weighted by atomic mass is 9.96. The van der Waals surface area contributed by atoms with Crippen LogP contribution in [0.1, 0.15) is 31.4 Å². The van der Waals surface area contributed by atoms with Gasteiger partial charge in [0.2, 0.25) is 0 Å². The van der Waals surface area contributed by atoms with Crippen LogP contribution in [0.25, 0.3) is 0 Å². The highest BCUT2D eigenvalue weighted by atomic mass is 15.0. The van der Waals surface area contributed by atoms with Crippen molar-refractivity contribution in [2.45, 2.75) is 32.2 Å². The lowest BCUT2D eigenvalue weighted by Gasteiger charge is -2.23.